The molecule has 2 aromatic carbocycles. The summed E-state index contributed by atoms with van der Waals surface area (Å²) in [5, 5.41) is 12.5. The number of morpholine rings is 1. The van der Waals surface area contributed by atoms with E-state index in [2.05, 4.69) is 51.6 Å². The molecular formula is C22H25N5O2S. The van der Waals surface area contributed by atoms with Crippen molar-refractivity contribution >= 4 is 29.3 Å². The molecule has 0 radical (unpaired) electrons. The quantitative estimate of drug-likeness (QED) is 0.613. The number of rotatable bonds is 6. The van der Waals surface area contributed by atoms with Crippen LogP contribution in [0.1, 0.15) is 11.1 Å². The van der Waals surface area contributed by atoms with Gasteiger partial charge >= 0.3 is 0 Å². The predicted molar refractivity (Wildman–Crippen MR) is 120 cm³/mol. The van der Waals surface area contributed by atoms with Crippen molar-refractivity contribution in [2.24, 2.45) is 0 Å². The summed E-state index contributed by atoms with van der Waals surface area (Å²) in [7, 11) is 0. The second-order valence-corrected chi connectivity index (χ2v) is 8.20. The third-order valence-electron chi connectivity index (χ3n) is 4.87. The van der Waals surface area contributed by atoms with Crippen LogP contribution >= 0.6 is 11.8 Å². The molecule has 0 unspecified atom stereocenters. The third kappa shape index (κ3) is 4.83. The summed E-state index contributed by atoms with van der Waals surface area (Å²) in [6.45, 7) is 6.95. The molecular weight excluding hydrogens is 398 g/mol. The smallest absolute Gasteiger partial charge is 0.234 e. The molecule has 0 bridgehead atoms. The Morgan fingerprint density at radius 2 is 1.63 bits per heavy atom. The minimum atomic E-state index is -0.0739. The molecule has 8 heteroatoms. The first-order valence-corrected chi connectivity index (χ1v) is 10.9. The molecule has 0 saturated carbocycles. The molecule has 1 aromatic heterocycles. The van der Waals surface area contributed by atoms with Crippen molar-refractivity contribution in [3.63, 3.8) is 0 Å². The van der Waals surface area contributed by atoms with Gasteiger partial charge in [0.2, 0.25) is 11.9 Å². The Hall–Kier alpha value is -2.84. The average molecular weight is 424 g/mol. The molecule has 1 fully saturated rings. The van der Waals surface area contributed by atoms with Crippen LogP contribution < -0.4 is 10.2 Å². The lowest BCUT2D eigenvalue weighted by molar-refractivity contribution is -0.113. The van der Waals surface area contributed by atoms with Crippen molar-refractivity contribution in [1.29, 1.82) is 0 Å². The van der Waals surface area contributed by atoms with E-state index in [0.29, 0.717) is 18.4 Å². The van der Waals surface area contributed by atoms with E-state index in [1.165, 1.54) is 17.3 Å². The second-order valence-electron chi connectivity index (χ2n) is 7.26. The van der Waals surface area contributed by atoms with E-state index < -0.39 is 0 Å². The number of carbonyl (C=O) groups excluding carboxylic acids is 1. The van der Waals surface area contributed by atoms with Crippen molar-refractivity contribution in [3.05, 3.63) is 59.7 Å². The molecule has 1 saturated heterocycles. The Balaban J connectivity index is 1.53. The van der Waals surface area contributed by atoms with Crippen LogP contribution in [0.15, 0.2) is 53.7 Å². The lowest BCUT2D eigenvalue weighted by Crippen LogP contribution is -2.37. The number of benzene rings is 2. The summed E-state index contributed by atoms with van der Waals surface area (Å²) >= 11 is 1.38. The molecule has 30 heavy (non-hydrogen) atoms. The van der Waals surface area contributed by atoms with E-state index in [-0.39, 0.29) is 11.7 Å². The summed E-state index contributed by atoms with van der Waals surface area (Å²) in [4.78, 5) is 14.6. The van der Waals surface area contributed by atoms with Crippen LogP contribution in [-0.2, 0) is 9.53 Å². The van der Waals surface area contributed by atoms with E-state index in [0.717, 1.165) is 36.0 Å². The molecule has 1 aliphatic rings. The van der Waals surface area contributed by atoms with Crippen LogP contribution in [0.25, 0.3) is 5.69 Å². The highest BCUT2D eigenvalue weighted by Crippen LogP contribution is 2.27. The van der Waals surface area contributed by atoms with Crippen molar-refractivity contribution in [1.82, 2.24) is 14.8 Å². The SMILES string of the molecule is Cc1ccc(NC(=O)CSc2nnc(N3CCOCC3)n2-c2ccc(C)cc2)cc1. The normalized spacial score (nSPS) is 14.0. The first-order chi connectivity index (χ1) is 14.6. The van der Waals surface area contributed by atoms with Gasteiger partial charge in [0.25, 0.3) is 0 Å². The van der Waals surface area contributed by atoms with Crippen LogP contribution in [0.2, 0.25) is 0 Å². The Kier molecular flexibility index (Phi) is 6.35. The minimum absolute atomic E-state index is 0.0739. The van der Waals surface area contributed by atoms with E-state index in [1.54, 1.807) is 0 Å². The van der Waals surface area contributed by atoms with Crippen molar-refractivity contribution in [3.8, 4) is 5.69 Å². The molecule has 156 valence electrons. The zero-order chi connectivity index (χ0) is 20.9. The fraction of sp³-hybridized carbons (Fsp3) is 0.318. The first kappa shape index (κ1) is 20.4. The molecule has 0 atom stereocenters. The van der Waals surface area contributed by atoms with Gasteiger partial charge in [0, 0.05) is 18.8 Å². The second kappa shape index (κ2) is 9.32. The number of aromatic nitrogens is 3. The number of anilines is 2. The summed E-state index contributed by atoms with van der Waals surface area (Å²) in [5.41, 5.74) is 4.12. The van der Waals surface area contributed by atoms with E-state index in [9.17, 15) is 4.79 Å². The predicted octanol–water partition coefficient (Wildman–Crippen LogP) is 3.45. The molecule has 7 nitrogen and oxygen atoms in total. The lowest BCUT2D eigenvalue weighted by atomic mass is 10.2. The number of carbonyl (C=O) groups is 1. The number of hydrogen-bond donors (Lipinski definition) is 1. The third-order valence-corrected chi connectivity index (χ3v) is 5.80. The molecule has 0 spiro atoms. The average Bonchev–Trinajstić information content (AvgIpc) is 3.19. The van der Waals surface area contributed by atoms with Gasteiger partial charge in [0.05, 0.1) is 24.7 Å². The summed E-state index contributed by atoms with van der Waals surface area (Å²) in [6, 6.07) is 16.0. The van der Waals surface area contributed by atoms with Gasteiger partial charge in [-0.05, 0) is 38.1 Å². The van der Waals surface area contributed by atoms with E-state index >= 15 is 0 Å². The molecule has 3 aromatic rings. The van der Waals surface area contributed by atoms with Gasteiger partial charge in [-0.1, -0.05) is 47.2 Å². The number of amides is 1. The number of nitrogens with zero attached hydrogens (tertiary/aromatic N) is 4. The number of nitrogens with one attached hydrogen (secondary N) is 1. The molecule has 2 heterocycles. The molecule has 1 amide bonds. The maximum absolute atomic E-state index is 12.5. The van der Waals surface area contributed by atoms with Crippen molar-refractivity contribution < 1.29 is 9.53 Å². The first-order valence-electron chi connectivity index (χ1n) is 9.94. The van der Waals surface area contributed by atoms with Gasteiger partial charge in [-0.15, -0.1) is 10.2 Å². The Morgan fingerprint density at radius 1 is 1.00 bits per heavy atom. The highest BCUT2D eigenvalue weighted by molar-refractivity contribution is 7.99. The molecule has 1 aliphatic heterocycles. The highest BCUT2D eigenvalue weighted by atomic mass is 32.2. The standard InChI is InChI=1S/C22H25N5O2S/c1-16-3-7-18(8-4-16)23-20(28)15-30-22-25-24-21(26-11-13-29-14-12-26)27(22)19-9-5-17(2)6-10-19/h3-10H,11-15H2,1-2H3,(H,23,28). The van der Waals surface area contributed by atoms with Crippen LogP contribution in [-0.4, -0.2) is 52.7 Å². The Bertz CT molecular complexity index is 995. The summed E-state index contributed by atoms with van der Waals surface area (Å²) in [5.74, 6) is 0.958. The Labute approximate surface area is 180 Å². The van der Waals surface area contributed by atoms with Gasteiger partial charge in [-0.2, -0.15) is 0 Å². The van der Waals surface area contributed by atoms with Gasteiger partial charge in [-0.25, -0.2) is 0 Å². The highest BCUT2D eigenvalue weighted by Gasteiger charge is 2.22. The van der Waals surface area contributed by atoms with E-state index in [1.807, 2.05) is 35.8 Å². The van der Waals surface area contributed by atoms with Gasteiger partial charge < -0.3 is 15.0 Å². The fourth-order valence-electron chi connectivity index (χ4n) is 3.21. The maximum atomic E-state index is 12.5. The molecule has 1 N–H and O–H groups in total. The van der Waals surface area contributed by atoms with Crippen molar-refractivity contribution in [2.45, 2.75) is 19.0 Å². The van der Waals surface area contributed by atoms with Crippen LogP contribution in [0.5, 0.6) is 0 Å². The number of thioether (sulfide) groups is 1. The topological polar surface area (TPSA) is 72.3 Å². The molecule has 0 aliphatic carbocycles. The van der Waals surface area contributed by atoms with Crippen LogP contribution in [0.3, 0.4) is 0 Å². The number of aryl methyl sites for hydroxylation is 2. The summed E-state index contributed by atoms with van der Waals surface area (Å²) < 4.78 is 7.50. The lowest BCUT2D eigenvalue weighted by Gasteiger charge is -2.27. The van der Waals surface area contributed by atoms with Crippen LogP contribution in [0.4, 0.5) is 11.6 Å². The van der Waals surface area contributed by atoms with Crippen LogP contribution in [0, 0.1) is 13.8 Å². The van der Waals surface area contributed by atoms with Gasteiger partial charge in [0.1, 0.15) is 0 Å². The van der Waals surface area contributed by atoms with Gasteiger partial charge in [0.15, 0.2) is 5.16 Å². The molecule has 4 rings (SSSR count). The Morgan fingerprint density at radius 3 is 2.30 bits per heavy atom. The monoisotopic (exact) mass is 423 g/mol. The zero-order valence-electron chi connectivity index (χ0n) is 17.2. The summed E-state index contributed by atoms with van der Waals surface area (Å²) in [6.07, 6.45) is 0. The number of hydrogen-bond acceptors (Lipinski definition) is 6. The maximum Gasteiger partial charge on any atom is 0.234 e. The van der Waals surface area contributed by atoms with E-state index in [4.69, 9.17) is 4.74 Å². The fourth-order valence-corrected chi connectivity index (χ4v) is 3.95. The zero-order valence-corrected chi connectivity index (χ0v) is 18.0. The number of ether oxygens (including phenoxy) is 1. The van der Waals surface area contributed by atoms with Crippen molar-refractivity contribution in [2.75, 3.05) is 42.3 Å². The van der Waals surface area contributed by atoms with Gasteiger partial charge in [-0.3, -0.25) is 9.36 Å². The minimum Gasteiger partial charge on any atom is -0.378 e. The largest absolute Gasteiger partial charge is 0.378 e.